The molecule has 1 aliphatic heterocycles. The molecule has 0 radical (unpaired) electrons. The van der Waals surface area contributed by atoms with Crippen LogP contribution in [0, 0.1) is 12.8 Å². The fraction of sp³-hybridized carbons (Fsp3) is 0.346. The van der Waals surface area contributed by atoms with Crippen LogP contribution in [0.5, 0.6) is 5.75 Å². The zero-order chi connectivity index (χ0) is 21.4. The summed E-state index contributed by atoms with van der Waals surface area (Å²) in [7, 11) is 0. The molecule has 1 saturated carbocycles. The third-order valence-corrected chi connectivity index (χ3v) is 7.37. The largest absolute Gasteiger partial charge is 0.493 e. The van der Waals surface area contributed by atoms with E-state index in [1.807, 2.05) is 0 Å². The Hall–Kier alpha value is -2.63. The van der Waals surface area contributed by atoms with Crippen molar-refractivity contribution in [1.82, 2.24) is 4.90 Å². The van der Waals surface area contributed by atoms with Crippen LogP contribution in [0.3, 0.4) is 0 Å². The summed E-state index contributed by atoms with van der Waals surface area (Å²) >= 11 is 1.73. The van der Waals surface area contributed by atoms with Gasteiger partial charge in [-0.2, -0.15) is 11.3 Å². The van der Waals surface area contributed by atoms with Gasteiger partial charge in [0, 0.05) is 25.6 Å². The van der Waals surface area contributed by atoms with E-state index in [1.54, 1.807) is 11.3 Å². The molecule has 3 aromatic rings. The molecule has 4 nitrogen and oxygen atoms in total. The molecule has 1 N–H and O–H groups in total. The van der Waals surface area contributed by atoms with Crippen molar-refractivity contribution in [2.24, 2.45) is 5.92 Å². The number of hydrogen-bond acceptors (Lipinski definition) is 4. The number of thiophene rings is 1. The summed E-state index contributed by atoms with van der Waals surface area (Å²) in [6.07, 6.45) is 2.43. The van der Waals surface area contributed by atoms with E-state index in [9.17, 15) is 4.79 Å². The average molecular weight is 434 g/mol. The number of nitrogens with zero attached hydrogens (tertiary/aromatic N) is 1. The first-order valence-electron chi connectivity index (χ1n) is 10.9. The maximum Gasteiger partial charge on any atom is 0.306 e. The number of fused-ring (bicyclic) bond motifs is 1. The van der Waals surface area contributed by atoms with Gasteiger partial charge in [-0.15, -0.1) is 0 Å². The molecule has 1 fully saturated rings. The van der Waals surface area contributed by atoms with Crippen molar-refractivity contribution in [3.63, 3.8) is 0 Å². The molecule has 0 spiro atoms. The molecular formula is C26H27NO3S. The number of aliphatic carboxylic acids is 1. The van der Waals surface area contributed by atoms with Gasteiger partial charge in [0.05, 0.1) is 12.5 Å². The van der Waals surface area contributed by atoms with E-state index in [2.05, 4.69) is 65.0 Å². The molecule has 160 valence electrons. The number of ether oxygens (including phenoxy) is 1. The number of carboxylic acid groups (broad SMARTS) is 1. The Balaban J connectivity index is 1.15. The fourth-order valence-electron chi connectivity index (χ4n) is 4.74. The lowest BCUT2D eigenvalue weighted by atomic mass is 9.79. The van der Waals surface area contributed by atoms with Gasteiger partial charge in [0.2, 0.25) is 0 Å². The van der Waals surface area contributed by atoms with Gasteiger partial charge in [-0.25, -0.2) is 0 Å². The first-order valence-corrected chi connectivity index (χ1v) is 11.8. The SMILES string of the molecule is Cc1cc(CCOc2ccc3c(c2)CN(C2CC(C(=O)O)C2)C3)ccc1-c1ccsc1. The summed E-state index contributed by atoms with van der Waals surface area (Å²) in [5, 5.41) is 13.4. The fourth-order valence-corrected chi connectivity index (χ4v) is 5.40. The molecule has 0 atom stereocenters. The predicted molar refractivity (Wildman–Crippen MR) is 124 cm³/mol. The smallest absolute Gasteiger partial charge is 0.306 e. The van der Waals surface area contributed by atoms with Gasteiger partial charge in [-0.1, -0.05) is 24.3 Å². The van der Waals surface area contributed by atoms with Crippen molar-refractivity contribution in [3.8, 4) is 16.9 Å². The molecule has 31 heavy (non-hydrogen) atoms. The summed E-state index contributed by atoms with van der Waals surface area (Å²) in [4.78, 5) is 13.5. The highest BCUT2D eigenvalue weighted by atomic mass is 32.1. The first-order chi connectivity index (χ1) is 15.1. The molecule has 5 heteroatoms. The molecule has 2 heterocycles. The van der Waals surface area contributed by atoms with Gasteiger partial charge in [-0.05, 0) is 82.1 Å². The zero-order valence-electron chi connectivity index (χ0n) is 17.7. The molecule has 0 unspecified atom stereocenters. The van der Waals surface area contributed by atoms with E-state index in [1.165, 1.54) is 33.4 Å². The molecule has 1 aliphatic carbocycles. The van der Waals surface area contributed by atoms with Crippen LogP contribution in [-0.4, -0.2) is 28.6 Å². The molecule has 0 bridgehead atoms. The molecule has 5 rings (SSSR count). The predicted octanol–water partition coefficient (Wildman–Crippen LogP) is 5.52. The quantitative estimate of drug-likeness (QED) is 0.533. The molecule has 2 aromatic carbocycles. The average Bonchev–Trinajstić information content (AvgIpc) is 3.36. The van der Waals surface area contributed by atoms with Crippen LogP contribution in [0.15, 0.2) is 53.2 Å². The lowest BCUT2D eigenvalue weighted by Gasteiger charge is -2.39. The second kappa shape index (κ2) is 8.48. The summed E-state index contributed by atoms with van der Waals surface area (Å²) in [5.74, 6) is 0.111. The van der Waals surface area contributed by atoms with Crippen molar-refractivity contribution in [3.05, 3.63) is 75.5 Å². The van der Waals surface area contributed by atoms with Crippen LogP contribution in [0.2, 0.25) is 0 Å². The van der Waals surface area contributed by atoms with Crippen molar-refractivity contribution < 1.29 is 14.6 Å². The highest BCUT2D eigenvalue weighted by molar-refractivity contribution is 7.08. The maximum absolute atomic E-state index is 11.1. The zero-order valence-corrected chi connectivity index (χ0v) is 18.5. The summed E-state index contributed by atoms with van der Waals surface area (Å²) in [5.41, 5.74) is 7.84. The van der Waals surface area contributed by atoms with Crippen LogP contribution in [0.4, 0.5) is 0 Å². The van der Waals surface area contributed by atoms with E-state index >= 15 is 0 Å². The van der Waals surface area contributed by atoms with Gasteiger partial charge in [0.25, 0.3) is 0 Å². The van der Waals surface area contributed by atoms with Crippen LogP contribution in [0.25, 0.3) is 11.1 Å². The third kappa shape index (κ3) is 4.25. The number of carbonyl (C=O) groups is 1. The van der Waals surface area contributed by atoms with Crippen LogP contribution >= 0.6 is 11.3 Å². The van der Waals surface area contributed by atoms with Gasteiger partial charge < -0.3 is 9.84 Å². The minimum absolute atomic E-state index is 0.157. The highest BCUT2D eigenvalue weighted by Crippen LogP contribution is 2.37. The second-order valence-electron chi connectivity index (χ2n) is 8.76. The van der Waals surface area contributed by atoms with Crippen LogP contribution in [0.1, 0.15) is 35.1 Å². The second-order valence-corrected chi connectivity index (χ2v) is 9.54. The van der Waals surface area contributed by atoms with E-state index in [0.29, 0.717) is 12.6 Å². The number of hydrogen-bond donors (Lipinski definition) is 1. The van der Waals surface area contributed by atoms with Crippen molar-refractivity contribution in [1.29, 1.82) is 0 Å². The van der Waals surface area contributed by atoms with Crippen molar-refractivity contribution in [2.75, 3.05) is 6.61 Å². The van der Waals surface area contributed by atoms with E-state index < -0.39 is 5.97 Å². The lowest BCUT2D eigenvalue weighted by molar-refractivity contribution is -0.147. The summed E-state index contributed by atoms with van der Waals surface area (Å²) in [6, 6.07) is 15.6. The minimum atomic E-state index is -0.653. The normalized spacial score (nSPS) is 20.3. The topological polar surface area (TPSA) is 49.8 Å². The number of rotatable bonds is 7. The molecule has 0 saturated heterocycles. The summed E-state index contributed by atoms with van der Waals surface area (Å²) in [6.45, 7) is 4.64. The highest BCUT2D eigenvalue weighted by Gasteiger charge is 2.39. The Labute approximate surface area is 187 Å². The van der Waals surface area contributed by atoms with Crippen LogP contribution < -0.4 is 4.74 Å². The maximum atomic E-state index is 11.1. The Morgan fingerprint density at radius 3 is 2.71 bits per heavy atom. The Bertz CT molecular complexity index is 1090. The standard InChI is InChI=1S/C26H27NO3S/c1-17-10-18(2-5-25(17)20-7-9-31-16-20)6-8-30-24-4-3-19-14-27(15-22(19)13-24)23-11-21(12-23)26(28)29/h2-5,7,9-10,13,16,21,23H,6,8,11-12,14-15H2,1H3,(H,28,29). The van der Waals surface area contributed by atoms with Crippen LogP contribution in [-0.2, 0) is 24.3 Å². The van der Waals surface area contributed by atoms with Gasteiger partial charge in [0.1, 0.15) is 5.75 Å². The van der Waals surface area contributed by atoms with Gasteiger partial charge in [-0.3, -0.25) is 9.69 Å². The number of aryl methyl sites for hydroxylation is 1. The van der Waals surface area contributed by atoms with Gasteiger partial charge >= 0.3 is 5.97 Å². The van der Waals surface area contributed by atoms with E-state index in [4.69, 9.17) is 9.84 Å². The van der Waals surface area contributed by atoms with Crippen molar-refractivity contribution in [2.45, 2.75) is 45.3 Å². The van der Waals surface area contributed by atoms with E-state index in [0.717, 1.165) is 38.1 Å². The Morgan fingerprint density at radius 2 is 1.97 bits per heavy atom. The van der Waals surface area contributed by atoms with E-state index in [-0.39, 0.29) is 5.92 Å². The summed E-state index contributed by atoms with van der Waals surface area (Å²) < 4.78 is 6.07. The molecular weight excluding hydrogens is 406 g/mol. The molecule has 0 amide bonds. The first kappa shape index (κ1) is 20.3. The number of carboxylic acids is 1. The Morgan fingerprint density at radius 1 is 1.13 bits per heavy atom. The third-order valence-electron chi connectivity index (χ3n) is 6.69. The van der Waals surface area contributed by atoms with Gasteiger partial charge in [0.15, 0.2) is 0 Å². The number of benzene rings is 2. The molecule has 2 aliphatic rings. The molecule has 1 aromatic heterocycles. The van der Waals surface area contributed by atoms with Crippen molar-refractivity contribution >= 4 is 17.3 Å². The Kier molecular flexibility index (Phi) is 5.55. The minimum Gasteiger partial charge on any atom is -0.493 e. The monoisotopic (exact) mass is 433 g/mol. The lowest BCUT2D eigenvalue weighted by Crippen LogP contribution is -2.44.